The van der Waals surface area contributed by atoms with E-state index in [0.717, 1.165) is 34.8 Å². The van der Waals surface area contributed by atoms with Gasteiger partial charge in [-0.25, -0.2) is 4.98 Å². The summed E-state index contributed by atoms with van der Waals surface area (Å²) in [5.41, 5.74) is 2.62. The summed E-state index contributed by atoms with van der Waals surface area (Å²) in [5, 5.41) is 6.55. The topological polar surface area (TPSA) is 45.2 Å². The lowest BCUT2D eigenvalue weighted by Crippen LogP contribution is -2.44. The van der Waals surface area contributed by atoms with Crippen molar-refractivity contribution < 1.29 is 4.79 Å². The van der Waals surface area contributed by atoms with E-state index in [-0.39, 0.29) is 12.1 Å². The van der Waals surface area contributed by atoms with Gasteiger partial charge in [-0.05, 0) is 31.9 Å². The van der Waals surface area contributed by atoms with Crippen LogP contribution in [-0.4, -0.2) is 21.8 Å². The van der Waals surface area contributed by atoms with Crippen molar-refractivity contribution in [1.29, 1.82) is 0 Å². The van der Waals surface area contributed by atoms with Gasteiger partial charge in [0.15, 0.2) is 0 Å². The highest BCUT2D eigenvalue weighted by atomic mass is 32.1. The van der Waals surface area contributed by atoms with Gasteiger partial charge in [-0.3, -0.25) is 4.79 Å². The van der Waals surface area contributed by atoms with Gasteiger partial charge in [-0.2, -0.15) is 0 Å². The molecule has 1 aliphatic heterocycles. The second kappa shape index (κ2) is 4.31. The van der Waals surface area contributed by atoms with Gasteiger partial charge in [-0.1, -0.05) is 12.1 Å². The molecule has 2 heterocycles. The number of nitrogens with zero attached hydrogens (tertiary/aromatic N) is 2. The summed E-state index contributed by atoms with van der Waals surface area (Å²) in [6.07, 6.45) is 2.06. The van der Waals surface area contributed by atoms with Gasteiger partial charge in [0.1, 0.15) is 6.17 Å². The molecule has 1 saturated carbocycles. The summed E-state index contributed by atoms with van der Waals surface area (Å²) in [6, 6.07) is 8.08. The Kier molecular flexibility index (Phi) is 2.57. The van der Waals surface area contributed by atoms with Gasteiger partial charge in [0.2, 0.25) is 0 Å². The van der Waals surface area contributed by atoms with Gasteiger partial charge in [0.25, 0.3) is 5.91 Å². The molecule has 0 saturated heterocycles. The Labute approximate surface area is 121 Å². The second-order valence-corrected chi connectivity index (χ2v) is 6.39. The number of carbonyl (C=O) groups excluding carboxylic acids is 1. The molecular formula is C15H15N3OS. The first-order valence-electron chi connectivity index (χ1n) is 6.84. The number of hydrogen-bond donors (Lipinski definition) is 1. The summed E-state index contributed by atoms with van der Waals surface area (Å²) in [6.45, 7) is 1.99. The number of para-hydroxylation sites is 1. The molecule has 1 fully saturated rings. The molecule has 0 radical (unpaired) electrons. The van der Waals surface area contributed by atoms with Crippen LogP contribution < -0.4 is 5.32 Å². The van der Waals surface area contributed by atoms with Crippen LogP contribution in [0.5, 0.6) is 0 Å². The second-order valence-electron chi connectivity index (χ2n) is 5.33. The zero-order valence-electron chi connectivity index (χ0n) is 11.2. The van der Waals surface area contributed by atoms with E-state index in [2.05, 4.69) is 10.3 Å². The molecule has 4 nitrogen and oxygen atoms in total. The van der Waals surface area contributed by atoms with Crippen molar-refractivity contribution in [2.24, 2.45) is 0 Å². The maximum Gasteiger partial charge on any atom is 0.258 e. The normalized spacial score (nSPS) is 21.6. The molecule has 4 rings (SSSR count). The Bertz CT molecular complexity index is 677. The maximum absolute atomic E-state index is 12.8. The number of hydrogen-bond acceptors (Lipinski definition) is 4. The van der Waals surface area contributed by atoms with Crippen molar-refractivity contribution in [2.45, 2.75) is 32.0 Å². The lowest BCUT2D eigenvalue weighted by atomic mass is 10.1. The van der Waals surface area contributed by atoms with Crippen molar-refractivity contribution in [3.8, 4) is 0 Å². The van der Waals surface area contributed by atoms with E-state index < -0.39 is 0 Å². The minimum atomic E-state index is -0.130. The molecule has 2 aromatic rings. The monoisotopic (exact) mass is 285 g/mol. The van der Waals surface area contributed by atoms with Crippen LogP contribution in [0.15, 0.2) is 29.6 Å². The minimum Gasteiger partial charge on any atom is -0.359 e. The molecule has 102 valence electrons. The van der Waals surface area contributed by atoms with Crippen LogP contribution in [0.25, 0.3) is 0 Å². The molecular weight excluding hydrogens is 270 g/mol. The minimum absolute atomic E-state index is 0.123. The SMILES string of the molecule is Cc1nc(C2Nc3ccccc3C(=O)N2C2CC2)cs1. The van der Waals surface area contributed by atoms with Crippen molar-refractivity contribution in [1.82, 2.24) is 9.88 Å². The molecule has 1 atom stereocenters. The molecule has 1 aliphatic carbocycles. The van der Waals surface area contributed by atoms with Crippen LogP contribution in [0.3, 0.4) is 0 Å². The number of benzene rings is 1. The van der Waals surface area contributed by atoms with Gasteiger partial charge >= 0.3 is 0 Å². The third-order valence-electron chi connectivity index (χ3n) is 3.82. The Hall–Kier alpha value is -1.88. The fourth-order valence-electron chi connectivity index (χ4n) is 2.72. The Balaban J connectivity index is 1.80. The quantitative estimate of drug-likeness (QED) is 0.921. The largest absolute Gasteiger partial charge is 0.359 e. The van der Waals surface area contributed by atoms with Crippen molar-refractivity contribution >= 4 is 22.9 Å². The number of thiazole rings is 1. The highest BCUT2D eigenvalue weighted by Gasteiger charge is 2.42. The standard InChI is InChI=1S/C15H15N3OS/c1-9-16-13(8-20-9)14-17-12-5-3-2-4-11(12)15(19)18(14)10-6-7-10/h2-5,8,10,14,17H,6-7H2,1H3. The van der Waals surface area contributed by atoms with Gasteiger partial charge in [0.05, 0.1) is 16.3 Å². The van der Waals surface area contributed by atoms with Gasteiger partial charge < -0.3 is 10.2 Å². The molecule has 20 heavy (non-hydrogen) atoms. The van der Waals surface area contributed by atoms with E-state index >= 15 is 0 Å². The molecule has 0 spiro atoms. The van der Waals surface area contributed by atoms with Crippen molar-refractivity contribution in [3.63, 3.8) is 0 Å². The molecule has 1 amide bonds. The first-order valence-corrected chi connectivity index (χ1v) is 7.72. The van der Waals surface area contributed by atoms with E-state index in [1.807, 2.05) is 41.5 Å². The fourth-order valence-corrected chi connectivity index (χ4v) is 3.35. The molecule has 0 bridgehead atoms. The van der Waals surface area contributed by atoms with Crippen LogP contribution in [0.4, 0.5) is 5.69 Å². The van der Waals surface area contributed by atoms with Crippen LogP contribution >= 0.6 is 11.3 Å². The van der Waals surface area contributed by atoms with Gasteiger partial charge in [-0.15, -0.1) is 11.3 Å². The summed E-state index contributed by atoms with van der Waals surface area (Å²) in [4.78, 5) is 19.3. The average Bonchev–Trinajstić information content (AvgIpc) is 3.20. The van der Waals surface area contributed by atoms with E-state index in [1.165, 1.54) is 0 Å². The number of anilines is 1. The molecule has 1 N–H and O–H groups in total. The van der Waals surface area contributed by atoms with E-state index in [0.29, 0.717) is 6.04 Å². The van der Waals surface area contributed by atoms with Crippen LogP contribution in [0, 0.1) is 6.92 Å². The first-order chi connectivity index (χ1) is 9.74. The Morgan fingerprint density at radius 2 is 2.15 bits per heavy atom. The maximum atomic E-state index is 12.8. The highest BCUT2D eigenvalue weighted by Crippen LogP contribution is 2.40. The van der Waals surface area contributed by atoms with Crippen LogP contribution in [-0.2, 0) is 0 Å². The van der Waals surface area contributed by atoms with E-state index in [4.69, 9.17) is 0 Å². The first kappa shape index (κ1) is 11.9. The molecule has 1 unspecified atom stereocenters. The summed E-state index contributed by atoms with van der Waals surface area (Å²) < 4.78 is 0. The number of fused-ring (bicyclic) bond motifs is 1. The zero-order valence-corrected chi connectivity index (χ0v) is 12.0. The number of amides is 1. The number of carbonyl (C=O) groups is 1. The lowest BCUT2D eigenvalue weighted by molar-refractivity contribution is 0.0663. The average molecular weight is 285 g/mol. The summed E-state index contributed by atoms with van der Waals surface area (Å²) in [5.74, 6) is 0.123. The molecule has 2 aliphatic rings. The Morgan fingerprint density at radius 1 is 1.35 bits per heavy atom. The number of nitrogens with one attached hydrogen (secondary N) is 1. The summed E-state index contributed by atoms with van der Waals surface area (Å²) >= 11 is 1.63. The number of aryl methyl sites for hydroxylation is 1. The Morgan fingerprint density at radius 3 is 2.85 bits per heavy atom. The number of aromatic nitrogens is 1. The number of rotatable bonds is 2. The van der Waals surface area contributed by atoms with Crippen molar-refractivity contribution in [2.75, 3.05) is 5.32 Å². The molecule has 1 aromatic heterocycles. The van der Waals surface area contributed by atoms with Crippen molar-refractivity contribution in [3.05, 3.63) is 45.9 Å². The van der Waals surface area contributed by atoms with Crippen LogP contribution in [0.2, 0.25) is 0 Å². The van der Waals surface area contributed by atoms with Gasteiger partial charge in [0, 0.05) is 17.1 Å². The smallest absolute Gasteiger partial charge is 0.258 e. The summed E-state index contributed by atoms with van der Waals surface area (Å²) in [7, 11) is 0. The predicted octanol–water partition coefficient (Wildman–Crippen LogP) is 3.18. The zero-order chi connectivity index (χ0) is 13.7. The van der Waals surface area contributed by atoms with Crippen LogP contribution in [0.1, 0.15) is 40.1 Å². The molecule has 1 aromatic carbocycles. The highest BCUT2D eigenvalue weighted by molar-refractivity contribution is 7.09. The third kappa shape index (κ3) is 1.81. The molecule has 5 heteroatoms. The third-order valence-corrected chi connectivity index (χ3v) is 4.61. The lowest BCUT2D eigenvalue weighted by Gasteiger charge is -2.37. The van der Waals surface area contributed by atoms with E-state index in [1.54, 1.807) is 11.3 Å². The fraction of sp³-hybridized carbons (Fsp3) is 0.333. The predicted molar refractivity (Wildman–Crippen MR) is 78.8 cm³/mol. The van der Waals surface area contributed by atoms with E-state index in [9.17, 15) is 4.79 Å².